The van der Waals surface area contributed by atoms with Gasteiger partial charge in [0, 0.05) is 23.6 Å². The van der Waals surface area contributed by atoms with E-state index in [1.807, 2.05) is 30.3 Å². The highest BCUT2D eigenvalue weighted by Gasteiger charge is 2.19. The molecule has 4 aromatic rings. The molecular formula is C24H19N3O3. The molecule has 4 rings (SSSR count). The van der Waals surface area contributed by atoms with Crippen molar-refractivity contribution in [2.24, 2.45) is 0 Å². The molecule has 1 heterocycles. The van der Waals surface area contributed by atoms with Gasteiger partial charge >= 0.3 is 0 Å². The van der Waals surface area contributed by atoms with Gasteiger partial charge in [-0.15, -0.1) is 0 Å². The SMILES string of the molecule is O=C(Nc1ccc(OCc2ccccc2)cc1)c1ccccc1C(=O)c1ncc[nH]1. The summed E-state index contributed by atoms with van der Waals surface area (Å²) >= 11 is 0. The van der Waals surface area contributed by atoms with Gasteiger partial charge < -0.3 is 15.0 Å². The molecule has 0 saturated heterocycles. The number of H-pyrrole nitrogens is 1. The van der Waals surface area contributed by atoms with Crippen molar-refractivity contribution in [2.45, 2.75) is 6.61 Å². The van der Waals surface area contributed by atoms with Crippen molar-refractivity contribution in [3.05, 3.63) is 114 Å². The smallest absolute Gasteiger partial charge is 0.256 e. The Labute approximate surface area is 173 Å². The average Bonchev–Trinajstić information content (AvgIpc) is 3.34. The van der Waals surface area contributed by atoms with Crippen LogP contribution in [0.25, 0.3) is 0 Å². The molecule has 0 aliphatic heterocycles. The molecule has 2 N–H and O–H groups in total. The second kappa shape index (κ2) is 8.87. The van der Waals surface area contributed by atoms with E-state index in [0.29, 0.717) is 18.0 Å². The second-order valence-electron chi connectivity index (χ2n) is 6.57. The molecule has 0 fully saturated rings. The summed E-state index contributed by atoms with van der Waals surface area (Å²) in [7, 11) is 0. The van der Waals surface area contributed by atoms with E-state index in [1.165, 1.54) is 6.20 Å². The third kappa shape index (κ3) is 4.44. The lowest BCUT2D eigenvalue weighted by molar-refractivity contribution is 0.0992. The Morgan fingerprint density at radius 2 is 1.57 bits per heavy atom. The van der Waals surface area contributed by atoms with Crippen LogP contribution in [0.4, 0.5) is 5.69 Å². The van der Waals surface area contributed by atoms with Gasteiger partial charge in [-0.25, -0.2) is 4.98 Å². The number of anilines is 1. The van der Waals surface area contributed by atoms with Crippen LogP contribution < -0.4 is 10.1 Å². The first-order valence-corrected chi connectivity index (χ1v) is 9.42. The Bertz CT molecular complexity index is 1140. The molecule has 6 nitrogen and oxygen atoms in total. The summed E-state index contributed by atoms with van der Waals surface area (Å²) < 4.78 is 5.76. The molecule has 1 aromatic heterocycles. The number of nitrogens with zero attached hydrogens (tertiary/aromatic N) is 1. The predicted molar refractivity (Wildman–Crippen MR) is 114 cm³/mol. The number of carbonyl (C=O) groups is 2. The summed E-state index contributed by atoms with van der Waals surface area (Å²) in [5.74, 6) is 0.180. The first-order valence-electron chi connectivity index (χ1n) is 9.42. The second-order valence-corrected chi connectivity index (χ2v) is 6.57. The number of carbonyl (C=O) groups excluding carboxylic acids is 2. The van der Waals surface area contributed by atoms with Crippen LogP contribution in [0.5, 0.6) is 5.75 Å². The van der Waals surface area contributed by atoms with Crippen LogP contribution in [0.2, 0.25) is 0 Å². The number of nitrogens with one attached hydrogen (secondary N) is 2. The molecule has 0 unspecified atom stereocenters. The Morgan fingerprint density at radius 3 is 2.27 bits per heavy atom. The molecule has 0 bridgehead atoms. The molecule has 6 heteroatoms. The van der Waals surface area contributed by atoms with Crippen molar-refractivity contribution < 1.29 is 14.3 Å². The molecule has 0 atom stereocenters. The zero-order chi connectivity index (χ0) is 20.8. The van der Waals surface area contributed by atoms with E-state index in [9.17, 15) is 9.59 Å². The van der Waals surface area contributed by atoms with Crippen molar-refractivity contribution in [3.8, 4) is 5.75 Å². The molecule has 0 radical (unpaired) electrons. The highest BCUT2D eigenvalue weighted by Crippen LogP contribution is 2.19. The van der Waals surface area contributed by atoms with E-state index >= 15 is 0 Å². The third-order valence-electron chi connectivity index (χ3n) is 4.49. The summed E-state index contributed by atoms with van der Waals surface area (Å²) in [6.45, 7) is 0.467. The van der Waals surface area contributed by atoms with Crippen LogP contribution in [-0.2, 0) is 6.61 Å². The maximum atomic E-state index is 12.8. The minimum atomic E-state index is -0.372. The van der Waals surface area contributed by atoms with Gasteiger partial charge in [0.2, 0.25) is 5.78 Å². The van der Waals surface area contributed by atoms with Gasteiger partial charge in [-0.3, -0.25) is 9.59 Å². The zero-order valence-electron chi connectivity index (χ0n) is 16.0. The van der Waals surface area contributed by atoms with Crippen LogP contribution in [0.15, 0.2) is 91.3 Å². The van der Waals surface area contributed by atoms with Gasteiger partial charge in [0.15, 0.2) is 5.82 Å². The molecule has 0 aliphatic carbocycles. The molecule has 0 aliphatic rings. The lowest BCUT2D eigenvalue weighted by Gasteiger charge is -2.10. The Kier molecular flexibility index (Phi) is 5.66. The summed E-state index contributed by atoms with van der Waals surface area (Å²) in [6, 6.07) is 23.6. The van der Waals surface area contributed by atoms with Crippen molar-refractivity contribution in [3.63, 3.8) is 0 Å². The minimum Gasteiger partial charge on any atom is -0.489 e. The predicted octanol–water partition coefficient (Wildman–Crippen LogP) is 4.47. The lowest BCUT2D eigenvalue weighted by Crippen LogP contribution is -2.17. The first-order chi connectivity index (χ1) is 14.7. The molecule has 30 heavy (non-hydrogen) atoms. The summed E-state index contributed by atoms with van der Waals surface area (Å²) in [5, 5.41) is 2.82. The number of aromatic nitrogens is 2. The standard InChI is InChI=1S/C24H19N3O3/c28-22(23-25-14-15-26-23)20-8-4-5-9-21(20)24(29)27-18-10-12-19(13-11-18)30-16-17-6-2-1-3-7-17/h1-15H,16H2,(H,25,26)(H,27,29). The van der Waals surface area contributed by atoms with E-state index < -0.39 is 0 Å². The monoisotopic (exact) mass is 397 g/mol. The van der Waals surface area contributed by atoms with Crippen LogP contribution in [0, 0.1) is 0 Å². The number of ether oxygens (including phenoxy) is 1. The van der Waals surface area contributed by atoms with E-state index in [1.54, 1.807) is 54.7 Å². The largest absolute Gasteiger partial charge is 0.489 e. The maximum Gasteiger partial charge on any atom is 0.256 e. The fraction of sp³-hybridized carbons (Fsp3) is 0.0417. The number of amides is 1. The van der Waals surface area contributed by atoms with E-state index in [2.05, 4.69) is 15.3 Å². The molecule has 0 saturated carbocycles. The lowest BCUT2D eigenvalue weighted by atomic mass is 10.0. The minimum absolute atomic E-state index is 0.190. The topological polar surface area (TPSA) is 84.1 Å². The van der Waals surface area contributed by atoms with Crippen molar-refractivity contribution in [1.82, 2.24) is 9.97 Å². The molecule has 3 aromatic carbocycles. The number of hydrogen-bond donors (Lipinski definition) is 2. The number of imidazole rings is 1. The zero-order valence-corrected chi connectivity index (χ0v) is 16.0. The van der Waals surface area contributed by atoms with Gasteiger partial charge in [-0.2, -0.15) is 0 Å². The van der Waals surface area contributed by atoms with Gasteiger partial charge in [0.05, 0.1) is 5.56 Å². The summed E-state index contributed by atoms with van der Waals surface area (Å²) in [5.41, 5.74) is 2.25. The van der Waals surface area contributed by atoms with Gasteiger partial charge in [0.25, 0.3) is 5.91 Å². The van der Waals surface area contributed by atoms with Crippen LogP contribution >= 0.6 is 0 Å². The summed E-state index contributed by atoms with van der Waals surface area (Å²) in [4.78, 5) is 32.2. The molecule has 0 spiro atoms. The molecule has 148 valence electrons. The number of aromatic amines is 1. The molecule has 1 amide bonds. The Morgan fingerprint density at radius 1 is 0.867 bits per heavy atom. The van der Waals surface area contributed by atoms with E-state index in [4.69, 9.17) is 4.74 Å². The third-order valence-corrected chi connectivity index (χ3v) is 4.49. The number of rotatable bonds is 7. The van der Waals surface area contributed by atoms with Crippen molar-refractivity contribution >= 4 is 17.4 Å². The normalized spacial score (nSPS) is 10.4. The Balaban J connectivity index is 1.44. The fourth-order valence-electron chi connectivity index (χ4n) is 2.97. The molecular weight excluding hydrogens is 378 g/mol. The van der Waals surface area contributed by atoms with Gasteiger partial charge in [0.1, 0.15) is 12.4 Å². The number of hydrogen-bond acceptors (Lipinski definition) is 4. The van der Waals surface area contributed by atoms with Crippen LogP contribution in [0.1, 0.15) is 32.1 Å². The first kappa shape index (κ1) is 19.1. The van der Waals surface area contributed by atoms with Gasteiger partial charge in [-0.05, 0) is 35.9 Å². The van der Waals surface area contributed by atoms with Crippen molar-refractivity contribution in [1.29, 1.82) is 0 Å². The van der Waals surface area contributed by atoms with Crippen LogP contribution in [-0.4, -0.2) is 21.7 Å². The van der Waals surface area contributed by atoms with Gasteiger partial charge in [-0.1, -0.05) is 48.5 Å². The maximum absolute atomic E-state index is 12.8. The summed E-state index contributed by atoms with van der Waals surface area (Å²) in [6.07, 6.45) is 3.06. The van der Waals surface area contributed by atoms with Crippen molar-refractivity contribution in [2.75, 3.05) is 5.32 Å². The average molecular weight is 397 g/mol. The quantitative estimate of drug-likeness (QED) is 0.451. The number of ketones is 1. The highest BCUT2D eigenvalue weighted by molar-refractivity contribution is 6.16. The van der Waals surface area contributed by atoms with Crippen LogP contribution in [0.3, 0.4) is 0 Å². The van der Waals surface area contributed by atoms with E-state index in [-0.39, 0.29) is 28.6 Å². The Hall–Kier alpha value is -4.19. The van der Waals surface area contributed by atoms with E-state index in [0.717, 1.165) is 5.56 Å². The fourth-order valence-corrected chi connectivity index (χ4v) is 2.97. The number of benzene rings is 3. The highest BCUT2D eigenvalue weighted by atomic mass is 16.5.